The maximum absolute atomic E-state index is 13.7. The fourth-order valence-corrected chi connectivity index (χ4v) is 3.45. The van der Waals surface area contributed by atoms with Crippen molar-refractivity contribution in [1.29, 1.82) is 0 Å². The van der Waals surface area contributed by atoms with E-state index in [2.05, 4.69) is 4.98 Å². The van der Waals surface area contributed by atoms with Crippen molar-refractivity contribution in [3.8, 4) is 0 Å². The van der Waals surface area contributed by atoms with Crippen LogP contribution in [0.1, 0.15) is 5.56 Å². The Hall–Kier alpha value is -2.67. The largest absolute Gasteiger partial charge is 0.341 e. The van der Waals surface area contributed by atoms with E-state index in [0.29, 0.717) is 21.6 Å². The van der Waals surface area contributed by atoms with Crippen LogP contribution in [-0.2, 0) is 18.4 Å². The van der Waals surface area contributed by atoms with Crippen LogP contribution in [0.2, 0.25) is 0 Å². The number of hydrogen-bond acceptors (Lipinski definition) is 4. The van der Waals surface area contributed by atoms with E-state index >= 15 is 0 Å². The summed E-state index contributed by atoms with van der Waals surface area (Å²) in [5, 5.41) is 1.02. The second-order valence-electron chi connectivity index (χ2n) is 5.91. The number of hydrogen-bond donors (Lipinski definition) is 0. The number of para-hydroxylation sites is 1. The molecule has 0 aliphatic heterocycles. The average Bonchev–Trinajstić information content (AvgIpc) is 2.65. The number of nitrogens with zero attached hydrogens (tertiary/aromatic N) is 3. The smallest absolute Gasteiger partial charge is 0.261 e. The first-order valence-corrected chi connectivity index (χ1v) is 9.02. The molecule has 1 amide bonds. The molecule has 134 valence electrons. The van der Waals surface area contributed by atoms with Crippen LogP contribution >= 0.6 is 11.8 Å². The second-order valence-corrected chi connectivity index (χ2v) is 6.85. The Morgan fingerprint density at radius 2 is 1.88 bits per heavy atom. The van der Waals surface area contributed by atoms with Gasteiger partial charge in [-0.2, -0.15) is 0 Å². The zero-order valence-electron chi connectivity index (χ0n) is 14.5. The van der Waals surface area contributed by atoms with Gasteiger partial charge in [-0.1, -0.05) is 42.1 Å². The molecule has 2 aromatic carbocycles. The number of halogens is 1. The van der Waals surface area contributed by atoms with Crippen LogP contribution in [-0.4, -0.2) is 33.2 Å². The van der Waals surface area contributed by atoms with E-state index in [1.165, 1.54) is 27.3 Å². The van der Waals surface area contributed by atoms with Crippen LogP contribution in [0.15, 0.2) is 58.5 Å². The number of rotatable bonds is 5. The SMILES string of the molecule is CN(Cc1ccccc1F)C(=O)CSc1nc2ccccc2c(=O)n1C. The number of thioether (sulfide) groups is 1. The first-order chi connectivity index (χ1) is 12.5. The molecule has 0 saturated carbocycles. The monoisotopic (exact) mass is 371 g/mol. The Bertz CT molecular complexity index is 1020. The number of aromatic nitrogens is 2. The van der Waals surface area contributed by atoms with Crippen molar-refractivity contribution in [1.82, 2.24) is 14.5 Å². The molecule has 3 rings (SSSR count). The topological polar surface area (TPSA) is 55.2 Å². The van der Waals surface area contributed by atoms with E-state index in [1.807, 2.05) is 6.07 Å². The number of fused-ring (bicyclic) bond motifs is 1. The lowest BCUT2D eigenvalue weighted by Gasteiger charge is -2.17. The summed E-state index contributed by atoms with van der Waals surface area (Å²) in [4.78, 5) is 30.7. The summed E-state index contributed by atoms with van der Waals surface area (Å²) in [6, 6.07) is 13.5. The predicted molar refractivity (Wildman–Crippen MR) is 101 cm³/mol. The van der Waals surface area contributed by atoms with Gasteiger partial charge in [-0.3, -0.25) is 14.2 Å². The molecule has 5 nitrogen and oxygen atoms in total. The summed E-state index contributed by atoms with van der Waals surface area (Å²) in [6.07, 6.45) is 0. The van der Waals surface area contributed by atoms with Crippen LogP contribution in [0.4, 0.5) is 4.39 Å². The van der Waals surface area contributed by atoms with Gasteiger partial charge in [0.1, 0.15) is 5.82 Å². The van der Waals surface area contributed by atoms with Crippen molar-refractivity contribution in [2.45, 2.75) is 11.7 Å². The molecule has 0 bridgehead atoms. The molecule has 7 heteroatoms. The molecule has 3 aromatic rings. The molecule has 0 radical (unpaired) electrons. The fraction of sp³-hybridized carbons (Fsp3) is 0.211. The minimum Gasteiger partial charge on any atom is -0.341 e. The lowest BCUT2D eigenvalue weighted by atomic mass is 10.2. The summed E-state index contributed by atoms with van der Waals surface area (Å²) in [6.45, 7) is 0.191. The van der Waals surface area contributed by atoms with Crippen LogP contribution in [0.5, 0.6) is 0 Å². The third kappa shape index (κ3) is 3.77. The molecule has 0 aliphatic carbocycles. The lowest BCUT2D eigenvalue weighted by molar-refractivity contribution is -0.127. The minimum atomic E-state index is -0.335. The van der Waals surface area contributed by atoms with Gasteiger partial charge in [-0.05, 0) is 18.2 Å². The summed E-state index contributed by atoms with van der Waals surface area (Å²) < 4.78 is 15.2. The molecule has 0 aliphatic rings. The van der Waals surface area contributed by atoms with E-state index in [4.69, 9.17) is 0 Å². The molecule has 0 N–H and O–H groups in total. The van der Waals surface area contributed by atoms with E-state index in [1.54, 1.807) is 50.5 Å². The number of carbonyl (C=O) groups is 1. The first kappa shape index (κ1) is 18.1. The highest BCUT2D eigenvalue weighted by Gasteiger charge is 2.14. The number of amides is 1. The van der Waals surface area contributed by atoms with Crippen molar-refractivity contribution in [3.63, 3.8) is 0 Å². The second kappa shape index (κ2) is 7.70. The molecule has 0 saturated heterocycles. The maximum atomic E-state index is 13.7. The van der Waals surface area contributed by atoms with Crippen molar-refractivity contribution in [2.24, 2.45) is 7.05 Å². The summed E-state index contributed by atoms with van der Waals surface area (Å²) >= 11 is 1.19. The van der Waals surface area contributed by atoms with Gasteiger partial charge >= 0.3 is 0 Å². The van der Waals surface area contributed by atoms with Gasteiger partial charge in [0.15, 0.2) is 5.16 Å². The maximum Gasteiger partial charge on any atom is 0.261 e. The van der Waals surface area contributed by atoms with Gasteiger partial charge in [0.05, 0.1) is 16.7 Å². The molecule has 0 fully saturated rings. The number of benzene rings is 2. The molecule has 1 aromatic heterocycles. The van der Waals surface area contributed by atoms with Crippen molar-refractivity contribution < 1.29 is 9.18 Å². The highest BCUT2D eigenvalue weighted by Crippen LogP contribution is 2.18. The zero-order chi connectivity index (χ0) is 18.7. The Morgan fingerprint density at radius 3 is 2.65 bits per heavy atom. The standard InChI is InChI=1S/C19H18FN3O2S/c1-22(11-13-7-3-5-9-15(13)20)17(24)12-26-19-21-16-10-6-4-8-14(16)18(25)23(19)2/h3-10H,11-12H2,1-2H3. The Balaban J connectivity index is 1.71. The van der Waals surface area contributed by atoms with Gasteiger partial charge in [0.25, 0.3) is 5.56 Å². The van der Waals surface area contributed by atoms with Gasteiger partial charge in [-0.25, -0.2) is 9.37 Å². The third-order valence-corrected chi connectivity index (χ3v) is 5.07. The Kier molecular flexibility index (Phi) is 5.37. The quantitative estimate of drug-likeness (QED) is 0.511. The van der Waals surface area contributed by atoms with E-state index in [9.17, 15) is 14.0 Å². The molecule has 1 heterocycles. The first-order valence-electron chi connectivity index (χ1n) is 8.03. The van der Waals surface area contributed by atoms with Gasteiger partial charge in [0, 0.05) is 26.2 Å². The molecular weight excluding hydrogens is 353 g/mol. The molecule has 0 spiro atoms. The highest BCUT2D eigenvalue weighted by atomic mass is 32.2. The van der Waals surface area contributed by atoms with Crippen LogP contribution < -0.4 is 5.56 Å². The third-order valence-electron chi connectivity index (χ3n) is 4.06. The Morgan fingerprint density at radius 1 is 1.19 bits per heavy atom. The van der Waals surface area contributed by atoms with Gasteiger partial charge < -0.3 is 4.90 Å². The molecule has 0 unspecified atom stereocenters. The number of carbonyl (C=O) groups excluding carboxylic acids is 1. The van der Waals surface area contributed by atoms with E-state index in [0.717, 1.165) is 0 Å². The minimum absolute atomic E-state index is 0.115. The summed E-state index contributed by atoms with van der Waals surface area (Å²) in [7, 11) is 3.26. The molecule has 26 heavy (non-hydrogen) atoms. The summed E-state index contributed by atoms with van der Waals surface area (Å²) in [5.74, 6) is -0.386. The van der Waals surface area contributed by atoms with Crippen LogP contribution in [0.3, 0.4) is 0 Å². The summed E-state index contributed by atoms with van der Waals surface area (Å²) in [5.41, 5.74) is 0.917. The normalized spacial score (nSPS) is 10.9. The van der Waals surface area contributed by atoms with Crippen LogP contribution in [0, 0.1) is 5.82 Å². The fourth-order valence-electron chi connectivity index (χ4n) is 2.53. The van der Waals surface area contributed by atoms with Crippen molar-refractivity contribution in [3.05, 3.63) is 70.3 Å². The van der Waals surface area contributed by atoms with Crippen molar-refractivity contribution in [2.75, 3.05) is 12.8 Å². The molecular formula is C19H18FN3O2S. The molecule has 0 atom stereocenters. The van der Waals surface area contributed by atoms with Crippen molar-refractivity contribution >= 4 is 28.6 Å². The van der Waals surface area contributed by atoms with E-state index in [-0.39, 0.29) is 29.6 Å². The van der Waals surface area contributed by atoms with Crippen LogP contribution in [0.25, 0.3) is 10.9 Å². The highest BCUT2D eigenvalue weighted by molar-refractivity contribution is 7.99. The Labute approximate surface area is 154 Å². The van der Waals surface area contributed by atoms with Gasteiger partial charge in [-0.15, -0.1) is 0 Å². The van der Waals surface area contributed by atoms with Gasteiger partial charge in [0.2, 0.25) is 5.91 Å². The zero-order valence-corrected chi connectivity index (χ0v) is 15.3. The predicted octanol–water partition coefficient (Wildman–Crippen LogP) is 2.82. The average molecular weight is 371 g/mol. The lowest BCUT2D eigenvalue weighted by Crippen LogP contribution is -2.28. The van der Waals surface area contributed by atoms with E-state index < -0.39 is 0 Å².